The lowest BCUT2D eigenvalue weighted by molar-refractivity contribution is -0.385. The van der Waals surface area contributed by atoms with Gasteiger partial charge in [-0.25, -0.2) is 4.98 Å². The SMILES string of the molecule is COc1ccc(C(=O)NCc2ccc(N3CCOCC3)nc2)cc1[N+](=O)[O-]. The van der Waals surface area contributed by atoms with Gasteiger partial charge in [-0.05, 0) is 23.8 Å². The number of methoxy groups -OCH3 is 1. The number of nitro groups is 1. The van der Waals surface area contributed by atoms with Crippen LogP contribution in [0.1, 0.15) is 15.9 Å². The number of hydrogen-bond donors (Lipinski definition) is 1. The van der Waals surface area contributed by atoms with Crippen molar-refractivity contribution in [3.63, 3.8) is 0 Å². The number of pyridine rings is 1. The molecule has 2 aromatic rings. The summed E-state index contributed by atoms with van der Waals surface area (Å²) in [5, 5.41) is 13.8. The van der Waals surface area contributed by atoms with Crippen molar-refractivity contribution in [1.29, 1.82) is 0 Å². The summed E-state index contributed by atoms with van der Waals surface area (Å²) in [6.07, 6.45) is 1.71. The quantitative estimate of drug-likeness (QED) is 0.608. The fraction of sp³-hybridized carbons (Fsp3) is 0.333. The van der Waals surface area contributed by atoms with Gasteiger partial charge in [-0.15, -0.1) is 0 Å². The lowest BCUT2D eigenvalue weighted by atomic mass is 10.1. The molecule has 27 heavy (non-hydrogen) atoms. The molecule has 0 spiro atoms. The van der Waals surface area contributed by atoms with Crippen LogP contribution >= 0.6 is 0 Å². The predicted octanol–water partition coefficient (Wildman–Crippen LogP) is 1.76. The number of amides is 1. The number of carbonyl (C=O) groups is 1. The number of nitrogens with one attached hydrogen (secondary N) is 1. The molecule has 1 N–H and O–H groups in total. The van der Waals surface area contributed by atoms with Crippen LogP contribution in [0.25, 0.3) is 0 Å². The average Bonchev–Trinajstić information content (AvgIpc) is 2.72. The van der Waals surface area contributed by atoms with Crippen molar-refractivity contribution < 1.29 is 19.2 Å². The van der Waals surface area contributed by atoms with Crippen LogP contribution in [0.3, 0.4) is 0 Å². The minimum atomic E-state index is -0.579. The summed E-state index contributed by atoms with van der Waals surface area (Å²) < 4.78 is 10.3. The largest absolute Gasteiger partial charge is 0.490 e. The molecule has 0 saturated carbocycles. The molecule has 142 valence electrons. The van der Waals surface area contributed by atoms with Crippen LogP contribution in [-0.4, -0.2) is 49.2 Å². The molecule has 1 saturated heterocycles. The predicted molar refractivity (Wildman–Crippen MR) is 98.1 cm³/mol. The third-order valence-electron chi connectivity index (χ3n) is 4.24. The maximum Gasteiger partial charge on any atom is 0.311 e. The van der Waals surface area contributed by atoms with Crippen molar-refractivity contribution in [3.05, 3.63) is 57.8 Å². The number of ether oxygens (including phenoxy) is 2. The van der Waals surface area contributed by atoms with E-state index in [1.54, 1.807) is 6.20 Å². The van der Waals surface area contributed by atoms with E-state index < -0.39 is 10.8 Å². The highest BCUT2D eigenvalue weighted by atomic mass is 16.6. The van der Waals surface area contributed by atoms with Crippen LogP contribution in [0.15, 0.2) is 36.5 Å². The molecular formula is C18H20N4O5. The maximum atomic E-state index is 12.3. The van der Waals surface area contributed by atoms with Gasteiger partial charge in [0.2, 0.25) is 0 Å². The van der Waals surface area contributed by atoms with Gasteiger partial charge in [-0.2, -0.15) is 0 Å². The number of carbonyl (C=O) groups excluding carboxylic acids is 1. The minimum absolute atomic E-state index is 0.111. The van der Waals surface area contributed by atoms with E-state index in [1.165, 1.54) is 25.3 Å². The molecule has 3 rings (SSSR count). The molecule has 1 amide bonds. The topological polar surface area (TPSA) is 107 Å². The summed E-state index contributed by atoms with van der Waals surface area (Å²) in [7, 11) is 1.34. The summed E-state index contributed by atoms with van der Waals surface area (Å²) in [6, 6.07) is 7.90. The molecule has 0 unspecified atom stereocenters. The van der Waals surface area contributed by atoms with Gasteiger partial charge in [-0.1, -0.05) is 6.07 Å². The van der Waals surface area contributed by atoms with E-state index in [9.17, 15) is 14.9 Å². The first-order chi connectivity index (χ1) is 13.1. The van der Waals surface area contributed by atoms with Gasteiger partial charge in [0, 0.05) is 37.5 Å². The Morgan fingerprint density at radius 3 is 2.74 bits per heavy atom. The zero-order valence-corrected chi connectivity index (χ0v) is 14.9. The summed E-state index contributed by atoms with van der Waals surface area (Å²) in [5.41, 5.74) is 0.783. The van der Waals surface area contributed by atoms with Crippen molar-refractivity contribution in [1.82, 2.24) is 10.3 Å². The molecule has 1 aliphatic heterocycles. The molecule has 1 fully saturated rings. The lowest BCUT2D eigenvalue weighted by Gasteiger charge is -2.27. The Balaban J connectivity index is 1.62. The van der Waals surface area contributed by atoms with Gasteiger partial charge in [0.25, 0.3) is 5.91 Å². The first kappa shape index (κ1) is 18.6. The highest BCUT2D eigenvalue weighted by Gasteiger charge is 2.18. The van der Waals surface area contributed by atoms with E-state index in [2.05, 4.69) is 15.2 Å². The number of rotatable bonds is 6. The van der Waals surface area contributed by atoms with Crippen LogP contribution < -0.4 is 15.0 Å². The van der Waals surface area contributed by atoms with Crippen molar-refractivity contribution in [2.24, 2.45) is 0 Å². The van der Waals surface area contributed by atoms with Crippen LogP contribution in [0.5, 0.6) is 5.75 Å². The Morgan fingerprint density at radius 2 is 2.11 bits per heavy atom. The number of morpholine rings is 1. The van der Waals surface area contributed by atoms with E-state index in [1.807, 2.05) is 12.1 Å². The fourth-order valence-electron chi connectivity index (χ4n) is 2.76. The Hall–Kier alpha value is -3.20. The van der Waals surface area contributed by atoms with Crippen LogP contribution in [-0.2, 0) is 11.3 Å². The van der Waals surface area contributed by atoms with Crippen molar-refractivity contribution in [2.45, 2.75) is 6.54 Å². The molecule has 9 nitrogen and oxygen atoms in total. The Bertz CT molecular complexity index is 819. The van der Waals surface area contributed by atoms with E-state index >= 15 is 0 Å². The Morgan fingerprint density at radius 1 is 1.33 bits per heavy atom. The summed E-state index contributed by atoms with van der Waals surface area (Å²) >= 11 is 0. The number of hydrogen-bond acceptors (Lipinski definition) is 7. The monoisotopic (exact) mass is 372 g/mol. The molecule has 1 aromatic heterocycles. The molecule has 1 aliphatic rings. The Kier molecular flexibility index (Phi) is 5.82. The number of anilines is 1. The smallest absolute Gasteiger partial charge is 0.311 e. The zero-order chi connectivity index (χ0) is 19.2. The summed E-state index contributed by atoms with van der Waals surface area (Å²) in [4.78, 5) is 29.3. The first-order valence-electron chi connectivity index (χ1n) is 8.46. The van der Waals surface area contributed by atoms with Gasteiger partial charge in [0.15, 0.2) is 5.75 Å². The van der Waals surface area contributed by atoms with Gasteiger partial charge >= 0.3 is 5.69 Å². The maximum absolute atomic E-state index is 12.3. The van der Waals surface area contributed by atoms with Crippen LogP contribution in [0.2, 0.25) is 0 Å². The van der Waals surface area contributed by atoms with Crippen molar-refractivity contribution in [2.75, 3.05) is 38.3 Å². The number of aromatic nitrogens is 1. The minimum Gasteiger partial charge on any atom is -0.490 e. The third-order valence-corrected chi connectivity index (χ3v) is 4.24. The zero-order valence-electron chi connectivity index (χ0n) is 14.9. The molecule has 0 aliphatic carbocycles. The molecular weight excluding hydrogens is 352 g/mol. The van der Waals surface area contributed by atoms with E-state index in [-0.39, 0.29) is 23.5 Å². The Labute approximate surface area is 156 Å². The normalized spacial score (nSPS) is 13.9. The summed E-state index contributed by atoms with van der Waals surface area (Å²) in [5.74, 6) is 0.580. The van der Waals surface area contributed by atoms with Gasteiger partial charge < -0.3 is 19.7 Å². The molecule has 9 heteroatoms. The fourth-order valence-corrected chi connectivity index (χ4v) is 2.76. The van der Waals surface area contributed by atoms with Crippen LogP contribution in [0, 0.1) is 10.1 Å². The van der Waals surface area contributed by atoms with Gasteiger partial charge in [0.05, 0.1) is 25.2 Å². The standard InChI is InChI=1S/C18H20N4O5/c1-26-16-4-3-14(10-15(16)22(24)25)18(23)20-12-13-2-5-17(19-11-13)21-6-8-27-9-7-21/h2-5,10-11H,6-9,12H2,1H3,(H,20,23). The highest BCUT2D eigenvalue weighted by Crippen LogP contribution is 2.27. The molecule has 2 heterocycles. The number of nitrogens with zero attached hydrogens (tertiary/aromatic N) is 3. The number of nitro benzene ring substituents is 1. The summed E-state index contributed by atoms with van der Waals surface area (Å²) in [6.45, 7) is 3.26. The van der Waals surface area contributed by atoms with Crippen molar-refractivity contribution in [3.8, 4) is 5.75 Å². The number of benzene rings is 1. The molecule has 0 bridgehead atoms. The second-order valence-corrected chi connectivity index (χ2v) is 5.95. The first-order valence-corrected chi connectivity index (χ1v) is 8.46. The molecule has 1 aromatic carbocycles. The third kappa shape index (κ3) is 4.50. The van der Waals surface area contributed by atoms with E-state index in [0.717, 1.165) is 24.5 Å². The van der Waals surface area contributed by atoms with E-state index in [4.69, 9.17) is 9.47 Å². The highest BCUT2D eigenvalue weighted by molar-refractivity contribution is 5.95. The van der Waals surface area contributed by atoms with E-state index in [0.29, 0.717) is 13.2 Å². The van der Waals surface area contributed by atoms with Gasteiger partial charge in [0.1, 0.15) is 5.82 Å². The molecule has 0 atom stereocenters. The average molecular weight is 372 g/mol. The second-order valence-electron chi connectivity index (χ2n) is 5.95. The molecule has 0 radical (unpaired) electrons. The van der Waals surface area contributed by atoms with Crippen LogP contribution in [0.4, 0.5) is 11.5 Å². The van der Waals surface area contributed by atoms with Gasteiger partial charge in [-0.3, -0.25) is 14.9 Å². The lowest BCUT2D eigenvalue weighted by Crippen LogP contribution is -2.36. The second kappa shape index (κ2) is 8.45. The van der Waals surface area contributed by atoms with Crippen molar-refractivity contribution >= 4 is 17.4 Å².